The largest absolute Gasteiger partial charge is 0.477 e. The smallest absolute Gasteiger partial charge is 0.355 e. The molecule has 0 radical (unpaired) electrons. The van der Waals surface area contributed by atoms with E-state index in [-0.39, 0.29) is 22.8 Å². The summed E-state index contributed by atoms with van der Waals surface area (Å²) in [6.45, 7) is 4.81. The number of hydrogen-bond donors (Lipinski definition) is 2. The molecular weight excluding hydrogens is 496 g/mol. The highest BCUT2D eigenvalue weighted by atomic mass is 32.1. The minimum Gasteiger partial charge on any atom is -0.477 e. The molecule has 8 nitrogen and oxygen atoms in total. The second-order valence-corrected chi connectivity index (χ2v) is 11.6. The fourth-order valence-corrected chi connectivity index (χ4v) is 5.83. The number of alkyl halides is 1. The molecule has 3 aromatic rings. The topological polar surface area (TPSA) is 111 Å². The molecule has 3 rings (SSSR count). The number of ether oxygens (including phenoxy) is 2. The van der Waals surface area contributed by atoms with Crippen LogP contribution in [0.25, 0.3) is 10.1 Å². The molecule has 0 amide bonds. The molecule has 2 aromatic carbocycles. The van der Waals surface area contributed by atoms with Crippen LogP contribution in [0.1, 0.15) is 41.9 Å². The number of hydrogen-bond acceptors (Lipinski definition) is 7. The molecule has 1 heterocycles. The van der Waals surface area contributed by atoms with E-state index in [0.717, 1.165) is 11.3 Å². The van der Waals surface area contributed by atoms with Gasteiger partial charge in [0, 0.05) is 11.8 Å². The minimum atomic E-state index is -4.39. The van der Waals surface area contributed by atoms with Crippen molar-refractivity contribution >= 4 is 40.9 Å². The number of thiophene rings is 1. The summed E-state index contributed by atoms with van der Waals surface area (Å²) in [6, 6.07) is 12.7. The lowest BCUT2D eigenvalue weighted by Gasteiger charge is -2.27. The first-order valence-electron chi connectivity index (χ1n) is 10.7. The molecule has 0 saturated carbocycles. The zero-order valence-corrected chi connectivity index (χ0v) is 21.4. The molecule has 35 heavy (non-hydrogen) atoms. The highest BCUT2D eigenvalue weighted by Gasteiger charge is 2.41. The maximum atomic E-state index is 15.9. The van der Waals surface area contributed by atoms with Gasteiger partial charge >= 0.3 is 19.5 Å². The number of para-hydroxylation sites is 1. The SMILES string of the molecule is COC(C)(C)COC(=O)[C@H](C)NP(=O)(Oc1ccccc1)C(F)c1ccc2sc(C(=O)O)cc2c1. The molecule has 1 aromatic heterocycles. The predicted octanol–water partition coefficient (Wildman–Crippen LogP) is 5.79. The van der Waals surface area contributed by atoms with Crippen molar-refractivity contribution in [2.24, 2.45) is 0 Å². The van der Waals surface area contributed by atoms with Crippen molar-refractivity contribution in [2.75, 3.05) is 13.7 Å². The first-order valence-corrected chi connectivity index (χ1v) is 13.2. The van der Waals surface area contributed by atoms with Crippen LogP contribution < -0.4 is 9.61 Å². The van der Waals surface area contributed by atoms with Crippen molar-refractivity contribution in [3.05, 3.63) is 65.0 Å². The van der Waals surface area contributed by atoms with Crippen molar-refractivity contribution in [2.45, 2.75) is 38.3 Å². The summed E-state index contributed by atoms with van der Waals surface area (Å²) in [7, 11) is -2.91. The van der Waals surface area contributed by atoms with Gasteiger partial charge in [-0.2, -0.15) is 0 Å². The third kappa shape index (κ3) is 6.67. The number of benzene rings is 2. The summed E-state index contributed by atoms with van der Waals surface area (Å²) in [4.78, 5) is 23.9. The van der Waals surface area contributed by atoms with E-state index in [1.807, 2.05) is 0 Å². The van der Waals surface area contributed by atoms with Crippen LogP contribution >= 0.6 is 18.9 Å². The summed E-state index contributed by atoms with van der Waals surface area (Å²) in [5, 5.41) is 12.2. The average molecular weight is 524 g/mol. The van der Waals surface area contributed by atoms with Crippen LogP contribution in [-0.2, 0) is 18.8 Å². The Balaban J connectivity index is 1.89. The highest BCUT2D eigenvalue weighted by molar-refractivity contribution is 7.57. The molecule has 2 unspecified atom stereocenters. The molecule has 0 aliphatic heterocycles. The summed E-state index contributed by atoms with van der Waals surface area (Å²) >= 11 is 1.05. The molecule has 11 heteroatoms. The number of fused-ring (bicyclic) bond motifs is 1. The normalized spacial score (nSPS) is 15.2. The number of carbonyl (C=O) groups is 2. The van der Waals surface area contributed by atoms with Gasteiger partial charge in [0.2, 0.25) is 5.91 Å². The first-order chi connectivity index (χ1) is 16.4. The van der Waals surface area contributed by atoms with E-state index >= 15 is 4.39 Å². The van der Waals surface area contributed by atoms with Crippen LogP contribution in [0, 0.1) is 0 Å². The minimum absolute atomic E-state index is 0.0140. The molecule has 0 fully saturated rings. The Bertz CT molecular complexity index is 1250. The van der Waals surface area contributed by atoms with Gasteiger partial charge in [-0.3, -0.25) is 9.36 Å². The third-order valence-corrected chi connectivity index (χ3v) is 8.38. The fraction of sp³-hybridized carbons (Fsp3) is 0.333. The Morgan fingerprint density at radius 1 is 1.17 bits per heavy atom. The van der Waals surface area contributed by atoms with Crippen LogP contribution in [0.4, 0.5) is 4.39 Å². The Labute approximate surface area is 206 Å². The van der Waals surface area contributed by atoms with Gasteiger partial charge in [0.1, 0.15) is 23.3 Å². The summed E-state index contributed by atoms with van der Waals surface area (Å²) in [5.74, 6) is -3.85. The van der Waals surface area contributed by atoms with Crippen molar-refractivity contribution in [3.63, 3.8) is 0 Å². The number of esters is 1. The second-order valence-electron chi connectivity index (χ2n) is 8.47. The van der Waals surface area contributed by atoms with Gasteiger partial charge in [0.05, 0.1) is 5.60 Å². The van der Waals surface area contributed by atoms with E-state index < -0.39 is 37.0 Å². The van der Waals surface area contributed by atoms with E-state index in [9.17, 15) is 19.3 Å². The Morgan fingerprint density at radius 2 is 1.86 bits per heavy atom. The second kappa shape index (κ2) is 10.9. The number of carboxylic acids is 1. The van der Waals surface area contributed by atoms with E-state index in [1.165, 1.54) is 44.4 Å². The van der Waals surface area contributed by atoms with Crippen molar-refractivity contribution in [3.8, 4) is 5.75 Å². The Hall–Kier alpha value is -2.78. The average Bonchev–Trinajstić information content (AvgIpc) is 3.26. The van der Waals surface area contributed by atoms with E-state index in [2.05, 4.69) is 5.09 Å². The van der Waals surface area contributed by atoms with E-state index in [1.54, 1.807) is 38.1 Å². The third-order valence-electron chi connectivity index (χ3n) is 5.15. The number of rotatable bonds is 11. The fourth-order valence-electron chi connectivity index (χ4n) is 3.04. The molecule has 3 atom stereocenters. The zero-order valence-electron chi connectivity index (χ0n) is 19.7. The number of methoxy groups -OCH3 is 1. The zero-order chi connectivity index (χ0) is 25.8. The van der Waals surface area contributed by atoms with Gasteiger partial charge in [0.15, 0.2) is 0 Å². The van der Waals surface area contributed by atoms with Gasteiger partial charge in [0.25, 0.3) is 0 Å². The molecule has 0 spiro atoms. The maximum Gasteiger partial charge on any atom is 0.355 e. The monoisotopic (exact) mass is 523 g/mol. The lowest BCUT2D eigenvalue weighted by Crippen LogP contribution is -2.38. The number of carboxylic acid groups (broad SMARTS) is 1. The van der Waals surface area contributed by atoms with Crippen molar-refractivity contribution < 1.29 is 37.6 Å². The number of carbonyl (C=O) groups excluding carboxylic acids is 1. The maximum absolute atomic E-state index is 15.9. The Morgan fingerprint density at radius 3 is 2.49 bits per heavy atom. The number of aromatic carboxylic acids is 1. The predicted molar refractivity (Wildman–Crippen MR) is 132 cm³/mol. The number of halogens is 1. The van der Waals surface area contributed by atoms with Crippen LogP contribution in [0.2, 0.25) is 0 Å². The van der Waals surface area contributed by atoms with Gasteiger partial charge in [-0.15, -0.1) is 11.3 Å². The summed E-state index contributed by atoms with van der Waals surface area (Å²) in [5.41, 5.74) is -0.715. The summed E-state index contributed by atoms with van der Waals surface area (Å²) < 4.78 is 46.5. The quantitative estimate of drug-likeness (QED) is 0.240. The van der Waals surface area contributed by atoms with E-state index in [4.69, 9.17) is 14.0 Å². The summed E-state index contributed by atoms with van der Waals surface area (Å²) in [6.07, 6.45) is 0. The Kier molecular flexibility index (Phi) is 8.33. The van der Waals surface area contributed by atoms with Gasteiger partial charge in [-0.25, -0.2) is 14.3 Å². The molecule has 2 N–H and O–H groups in total. The van der Waals surface area contributed by atoms with Crippen LogP contribution in [-0.4, -0.2) is 42.4 Å². The number of nitrogens with one attached hydrogen (secondary N) is 1. The van der Waals surface area contributed by atoms with Gasteiger partial charge in [-0.1, -0.05) is 24.3 Å². The lowest BCUT2D eigenvalue weighted by molar-refractivity contribution is -0.152. The van der Waals surface area contributed by atoms with Gasteiger partial charge < -0.3 is 19.1 Å². The van der Waals surface area contributed by atoms with Crippen molar-refractivity contribution in [1.29, 1.82) is 0 Å². The lowest BCUT2D eigenvalue weighted by atomic mass is 10.1. The molecule has 0 aliphatic rings. The standard InChI is InChI=1S/C24H27FNO7PS/c1-15(23(29)32-14-24(2,3)31-4)26-34(30,33-18-8-6-5-7-9-18)21(25)16-10-11-19-17(12-16)13-20(35-19)22(27)28/h5-13,15,21H,14H2,1-4H3,(H,26,30)(H,27,28)/t15-,21?,34?/m0/s1. The molecular formula is C24H27FNO7PS. The van der Waals surface area contributed by atoms with Crippen LogP contribution in [0.5, 0.6) is 5.75 Å². The first kappa shape index (κ1) is 26.8. The highest BCUT2D eigenvalue weighted by Crippen LogP contribution is 2.58. The van der Waals surface area contributed by atoms with Crippen LogP contribution in [0.15, 0.2) is 54.6 Å². The van der Waals surface area contributed by atoms with Gasteiger partial charge in [-0.05, 0) is 62.1 Å². The van der Waals surface area contributed by atoms with Crippen molar-refractivity contribution in [1.82, 2.24) is 5.09 Å². The molecule has 0 bridgehead atoms. The molecule has 188 valence electrons. The molecule has 0 saturated heterocycles. The van der Waals surface area contributed by atoms with E-state index in [0.29, 0.717) is 10.1 Å². The van der Waals surface area contributed by atoms with Crippen LogP contribution in [0.3, 0.4) is 0 Å². The molecule has 0 aliphatic carbocycles.